The standard InChI is InChI=1S/C10H14/c1-5-10(4)8-6-7-9(2)3/h5-8H,1-2H2,3-4H3/b7-6+,10-8+. The van der Waals surface area contributed by atoms with Crippen LogP contribution in [0.3, 0.4) is 0 Å². The van der Waals surface area contributed by atoms with Crippen molar-refractivity contribution in [1.29, 1.82) is 0 Å². The Morgan fingerprint density at radius 3 is 2.30 bits per heavy atom. The lowest BCUT2D eigenvalue weighted by Crippen LogP contribution is -1.63. The Morgan fingerprint density at radius 2 is 1.90 bits per heavy atom. The average molecular weight is 134 g/mol. The smallest absolute Gasteiger partial charge is 0.0398 e. The molecule has 0 heterocycles. The molecule has 0 aliphatic rings. The highest BCUT2D eigenvalue weighted by molar-refractivity contribution is 5.23. The van der Waals surface area contributed by atoms with Gasteiger partial charge >= 0.3 is 0 Å². The van der Waals surface area contributed by atoms with Crippen molar-refractivity contribution in [2.45, 2.75) is 13.8 Å². The Morgan fingerprint density at radius 1 is 1.30 bits per heavy atom. The molecule has 0 aromatic heterocycles. The first-order valence-electron chi connectivity index (χ1n) is 3.29. The molecule has 0 saturated heterocycles. The van der Waals surface area contributed by atoms with Crippen LogP contribution in [-0.4, -0.2) is 0 Å². The molecular formula is C10H14. The van der Waals surface area contributed by atoms with Crippen molar-refractivity contribution in [2.75, 3.05) is 0 Å². The van der Waals surface area contributed by atoms with Crippen LogP contribution < -0.4 is 0 Å². The van der Waals surface area contributed by atoms with Gasteiger partial charge in [-0.1, -0.05) is 48.6 Å². The molecule has 0 rings (SSSR count). The minimum absolute atomic E-state index is 1.06. The number of hydrogen-bond acceptors (Lipinski definition) is 0. The van der Waals surface area contributed by atoms with E-state index >= 15 is 0 Å². The van der Waals surface area contributed by atoms with Gasteiger partial charge in [-0.05, 0) is 13.8 Å². The first kappa shape index (κ1) is 8.96. The van der Waals surface area contributed by atoms with Gasteiger partial charge in [-0.15, -0.1) is 0 Å². The fraction of sp³-hybridized carbons (Fsp3) is 0.200. The first-order chi connectivity index (χ1) is 4.66. The van der Waals surface area contributed by atoms with Crippen molar-refractivity contribution in [1.82, 2.24) is 0 Å². The van der Waals surface area contributed by atoms with Crippen LogP contribution in [0.2, 0.25) is 0 Å². The van der Waals surface area contributed by atoms with Crippen molar-refractivity contribution in [3.05, 3.63) is 48.6 Å². The molecule has 0 spiro atoms. The van der Waals surface area contributed by atoms with E-state index in [0.29, 0.717) is 0 Å². The SMILES string of the molecule is C=C/C(C)=C/C=C/C(=C)C. The Kier molecular flexibility index (Phi) is 4.30. The molecule has 0 aromatic carbocycles. The van der Waals surface area contributed by atoms with Crippen LogP contribution in [0.4, 0.5) is 0 Å². The van der Waals surface area contributed by atoms with E-state index in [1.54, 1.807) is 0 Å². The Labute approximate surface area is 63.3 Å². The summed E-state index contributed by atoms with van der Waals surface area (Å²) in [4.78, 5) is 0. The molecule has 0 aliphatic heterocycles. The monoisotopic (exact) mass is 134 g/mol. The summed E-state index contributed by atoms with van der Waals surface area (Å²) in [7, 11) is 0. The molecule has 0 N–H and O–H groups in total. The predicted molar refractivity (Wildman–Crippen MR) is 47.9 cm³/mol. The van der Waals surface area contributed by atoms with Crippen LogP contribution in [0, 0.1) is 0 Å². The molecule has 0 nitrogen and oxygen atoms in total. The van der Waals surface area contributed by atoms with Crippen LogP contribution in [0.5, 0.6) is 0 Å². The first-order valence-corrected chi connectivity index (χ1v) is 3.29. The van der Waals surface area contributed by atoms with Crippen LogP contribution in [-0.2, 0) is 0 Å². The highest BCUT2D eigenvalue weighted by Crippen LogP contribution is 1.95. The lowest BCUT2D eigenvalue weighted by Gasteiger charge is -1.84. The molecule has 0 atom stereocenters. The van der Waals surface area contributed by atoms with E-state index in [4.69, 9.17) is 0 Å². The van der Waals surface area contributed by atoms with E-state index in [9.17, 15) is 0 Å². The van der Waals surface area contributed by atoms with Gasteiger partial charge in [-0.3, -0.25) is 0 Å². The van der Waals surface area contributed by atoms with Gasteiger partial charge in [0.1, 0.15) is 0 Å². The second kappa shape index (κ2) is 4.80. The average Bonchev–Trinajstić information content (AvgIpc) is 1.87. The number of hydrogen-bond donors (Lipinski definition) is 0. The second-order valence-electron chi connectivity index (χ2n) is 2.32. The maximum Gasteiger partial charge on any atom is -0.0398 e. The molecule has 0 amide bonds. The lowest BCUT2D eigenvalue weighted by atomic mass is 10.2. The van der Waals surface area contributed by atoms with E-state index in [0.717, 1.165) is 11.1 Å². The fourth-order valence-electron chi connectivity index (χ4n) is 0.432. The van der Waals surface area contributed by atoms with Gasteiger partial charge < -0.3 is 0 Å². The molecule has 0 unspecified atom stereocenters. The van der Waals surface area contributed by atoms with Gasteiger partial charge in [0.05, 0.1) is 0 Å². The molecule has 10 heavy (non-hydrogen) atoms. The summed E-state index contributed by atoms with van der Waals surface area (Å²) in [6.45, 7) is 11.3. The topological polar surface area (TPSA) is 0 Å². The van der Waals surface area contributed by atoms with Crippen molar-refractivity contribution in [3.8, 4) is 0 Å². The summed E-state index contributed by atoms with van der Waals surface area (Å²) in [5.74, 6) is 0. The molecular weight excluding hydrogens is 120 g/mol. The zero-order chi connectivity index (χ0) is 7.98. The summed E-state index contributed by atoms with van der Waals surface area (Å²) in [6.07, 6.45) is 7.76. The molecule has 0 saturated carbocycles. The minimum atomic E-state index is 1.06. The maximum atomic E-state index is 3.74. The van der Waals surface area contributed by atoms with E-state index in [-0.39, 0.29) is 0 Å². The third kappa shape index (κ3) is 5.10. The minimum Gasteiger partial charge on any atom is -0.0988 e. The van der Waals surface area contributed by atoms with E-state index in [2.05, 4.69) is 13.2 Å². The molecule has 0 radical (unpaired) electrons. The Hall–Kier alpha value is -1.04. The summed E-state index contributed by atoms with van der Waals surface area (Å²) < 4.78 is 0. The van der Waals surface area contributed by atoms with E-state index in [1.165, 1.54) is 0 Å². The predicted octanol–water partition coefficient (Wildman–Crippen LogP) is 3.25. The molecule has 0 bridgehead atoms. The third-order valence-electron chi connectivity index (χ3n) is 1.06. The van der Waals surface area contributed by atoms with E-state index < -0.39 is 0 Å². The Bertz CT molecular complexity index is 180. The fourth-order valence-corrected chi connectivity index (χ4v) is 0.432. The molecule has 0 aromatic rings. The normalized spacial score (nSPS) is 12.0. The van der Waals surface area contributed by atoms with Crippen LogP contribution >= 0.6 is 0 Å². The van der Waals surface area contributed by atoms with Gasteiger partial charge in [-0.2, -0.15) is 0 Å². The van der Waals surface area contributed by atoms with Gasteiger partial charge in [0.25, 0.3) is 0 Å². The highest BCUT2D eigenvalue weighted by atomic mass is 13.8. The zero-order valence-electron chi connectivity index (χ0n) is 6.72. The van der Waals surface area contributed by atoms with Crippen molar-refractivity contribution in [3.63, 3.8) is 0 Å². The van der Waals surface area contributed by atoms with Gasteiger partial charge in [0.2, 0.25) is 0 Å². The van der Waals surface area contributed by atoms with Gasteiger partial charge in [-0.25, -0.2) is 0 Å². The molecule has 0 aliphatic carbocycles. The molecule has 54 valence electrons. The largest absolute Gasteiger partial charge is 0.0988 e. The van der Waals surface area contributed by atoms with E-state index in [1.807, 2.05) is 38.2 Å². The third-order valence-corrected chi connectivity index (χ3v) is 1.06. The summed E-state index contributed by atoms with van der Waals surface area (Å²) in [5, 5.41) is 0. The summed E-state index contributed by atoms with van der Waals surface area (Å²) in [6, 6.07) is 0. The van der Waals surface area contributed by atoms with Crippen molar-refractivity contribution < 1.29 is 0 Å². The molecule has 0 fully saturated rings. The van der Waals surface area contributed by atoms with Crippen LogP contribution in [0.15, 0.2) is 48.6 Å². The van der Waals surface area contributed by atoms with Crippen molar-refractivity contribution >= 4 is 0 Å². The summed E-state index contributed by atoms with van der Waals surface area (Å²) >= 11 is 0. The number of allylic oxidation sites excluding steroid dienone is 6. The van der Waals surface area contributed by atoms with Gasteiger partial charge in [0.15, 0.2) is 0 Å². The zero-order valence-corrected chi connectivity index (χ0v) is 6.72. The molecule has 0 heteroatoms. The maximum absolute atomic E-state index is 3.74. The van der Waals surface area contributed by atoms with Gasteiger partial charge in [0, 0.05) is 0 Å². The van der Waals surface area contributed by atoms with Crippen molar-refractivity contribution in [2.24, 2.45) is 0 Å². The quantitative estimate of drug-likeness (QED) is 0.520. The second-order valence-corrected chi connectivity index (χ2v) is 2.32. The lowest BCUT2D eigenvalue weighted by molar-refractivity contribution is 1.51. The highest BCUT2D eigenvalue weighted by Gasteiger charge is 1.74. The summed E-state index contributed by atoms with van der Waals surface area (Å²) in [5.41, 5.74) is 2.23. The van der Waals surface area contributed by atoms with Crippen LogP contribution in [0.25, 0.3) is 0 Å². The Balaban J connectivity index is 3.93. The number of rotatable bonds is 3. The van der Waals surface area contributed by atoms with Crippen LogP contribution in [0.1, 0.15) is 13.8 Å².